The summed E-state index contributed by atoms with van der Waals surface area (Å²) in [5.74, 6) is -0.836. The molecule has 2 rings (SSSR count). The van der Waals surface area contributed by atoms with Gasteiger partial charge in [-0.2, -0.15) is 0 Å². The van der Waals surface area contributed by atoms with Crippen molar-refractivity contribution in [3.8, 4) is 0 Å². The van der Waals surface area contributed by atoms with Gasteiger partial charge in [0.15, 0.2) is 0 Å². The minimum absolute atomic E-state index is 0.130. The highest BCUT2D eigenvalue weighted by molar-refractivity contribution is 9.10. The normalized spacial score (nSPS) is 19.7. The third kappa shape index (κ3) is 2.23. The summed E-state index contributed by atoms with van der Waals surface area (Å²) in [6.07, 6.45) is 0.130. The lowest BCUT2D eigenvalue weighted by Gasteiger charge is -2.17. The zero-order valence-corrected chi connectivity index (χ0v) is 10.5. The van der Waals surface area contributed by atoms with Crippen LogP contribution in [0.2, 0.25) is 0 Å². The Kier molecular flexibility index (Phi) is 3.01. The van der Waals surface area contributed by atoms with Crippen LogP contribution in [0.15, 0.2) is 16.7 Å². The molecule has 1 aromatic heterocycles. The highest BCUT2D eigenvalue weighted by Gasteiger charge is 2.34. The van der Waals surface area contributed by atoms with Crippen LogP contribution in [0.5, 0.6) is 0 Å². The molecule has 1 atom stereocenters. The number of pyridine rings is 1. The lowest BCUT2D eigenvalue weighted by Crippen LogP contribution is -2.29. The fourth-order valence-electron chi connectivity index (χ4n) is 1.80. The van der Waals surface area contributed by atoms with Gasteiger partial charge in [-0.1, -0.05) is 0 Å². The Morgan fingerprint density at radius 2 is 2.24 bits per heavy atom. The number of hydrogen-bond acceptors (Lipinski definition) is 4. The van der Waals surface area contributed by atoms with Crippen molar-refractivity contribution in [1.29, 1.82) is 0 Å². The Balaban J connectivity index is 2.29. The maximum absolute atomic E-state index is 11.7. The van der Waals surface area contributed by atoms with Crippen molar-refractivity contribution >= 4 is 39.2 Å². The molecule has 0 spiro atoms. The van der Waals surface area contributed by atoms with E-state index < -0.39 is 11.8 Å². The first-order valence-electron chi connectivity index (χ1n) is 5.00. The smallest absolute Gasteiger partial charge is 0.227 e. The van der Waals surface area contributed by atoms with E-state index in [4.69, 9.17) is 11.5 Å². The summed E-state index contributed by atoms with van der Waals surface area (Å²) in [5, 5.41) is 0. The Bertz CT molecular complexity index is 491. The first-order chi connectivity index (χ1) is 7.99. The molecule has 0 aliphatic carbocycles. The van der Waals surface area contributed by atoms with Gasteiger partial charge in [0.05, 0.1) is 11.6 Å². The summed E-state index contributed by atoms with van der Waals surface area (Å²) in [6.45, 7) is 0.266. The number of nitrogens with two attached hydrogens (primary N) is 2. The molecule has 1 saturated heterocycles. The molecular weight excluding hydrogens is 288 g/mol. The third-order valence-electron chi connectivity index (χ3n) is 2.69. The summed E-state index contributed by atoms with van der Waals surface area (Å²) in [6, 6.07) is 3.38. The minimum atomic E-state index is -0.468. The summed E-state index contributed by atoms with van der Waals surface area (Å²) in [4.78, 5) is 28.3. The molecule has 0 saturated carbocycles. The van der Waals surface area contributed by atoms with Gasteiger partial charge >= 0.3 is 0 Å². The number of anilines is 2. The molecule has 6 nitrogen and oxygen atoms in total. The first-order valence-corrected chi connectivity index (χ1v) is 5.80. The topological polar surface area (TPSA) is 102 Å². The molecule has 17 heavy (non-hydrogen) atoms. The van der Waals surface area contributed by atoms with Gasteiger partial charge in [0.25, 0.3) is 0 Å². The number of aromatic nitrogens is 1. The number of carbonyl (C=O) groups excluding carboxylic acids is 2. The van der Waals surface area contributed by atoms with Gasteiger partial charge in [0.2, 0.25) is 11.8 Å². The van der Waals surface area contributed by atoms with Gasteiger partial charge in [-0.3, -0.25) is 9.59 Å². The van der Waals surface area contributed by atoms with Crippen molar-refractivity contribution in [3.63, 3.8) is 0 Å². The second-order valence-electron chi connectivity index (χ2n) is 3.85. The van der Waals surface area contributed by atoms with Crippen LogP contribution in [0.3, 0.4) is 0 Å². The summed E-state index contributed by atoms with van der Waals surface area (Å²) >= 11 is 3.19. The second kappa shape index (κ2) is 4.33. The molecule has 7 heteroatoms. The highest BCUT2D eigenvalue weighted by atomic mass is 79.9. The van der Waals surface area contributed by atoms with Gasteiger partial charge in [0.1, 0.15) is 10.4 Å². The van der Waals surface area contributed by atoms with Crippen molar-refractivity contribution in [2.75, 3.05) is 17.2 Å². The Morgan fingerprint density at radius 1 is 1.53 bits per heavy atom. The zero-order valence-electron chi connectivity index (χ0n) is 8.89. The Labute approximate surface area is 106 Å². The molecule has 1 unspecified atom stereocenters. The first kappa shape index (κ1) is 11.8. The number of carbonyl (C=O) groups is 2. The predicted octanol–water partition coefficient (Wildman–Crippen LogP) is 0.264. The number of rotatable bonds is 2. The summed E-state index contributed by atoms with van der Waals surface area (Å²) < 4.78 is 0.594. The van der Waals surface area contributed by atoms with Crippen molar-refractivity contribution in [3.05, 3.63) is 16.7 Å². The molecule has 1 fully saturated rings. The van der Waals surface area contributed by atoms with E-state index in [1.54, 1.807) is 12.1 Å². The fraction of sp³-hybridized carbons (Fsp3) is 0.300. The fourth-order valence-corrected chi connectivity index (χ4v) is 2.13. The van der Waals surface area contributed by atoms with E-state index in [2.05, 4.69) is 20.9 Å². The molecule has 4 N–H and O–H groups in total. The Hall–Kier alpha value is -1.63. The lowest BCUT2D eigenvalue weighted by atomic mass is 10.1. The van der Waals surface area contributed by atoms with Crippen molar-refractivity contribution < 1.29 is 9.59 Å². The Morgan fingerprint density at radius 3 is 2.76 bits per heavy atom. The summed E-state index contributed by atoms with van der Waals surface area (Å²) in [5.41, 5.74) is 11.4. The molecule has 1 aliphatic rings. The monoisotopic (exact) mass is 298 g/mol. The number of amides is 2. The average molecular weight is 299 g/mol. The maximum atomic E-state index is 11.7. The van der Waals surface area contributed by atoms with Crippen LogP contribution in [0.1, 0.15) is 6.42 Å². The van der Waals surface area contributed by atoms with Crippen LogP contribution in [0.25, 0.3) is 0 Å². The minimum Gasteiger partial charge on any atom is -0.382 e. The number of nitrogen functional groups attached to an aromatic ring is 1. The van der Waals surface area contributed by atoms with Gasteiger partial charge in [0, 0.05) is 13.0 Å². The van der Waals surface area contributed by atoms with Crippen molar-refractivity contribution in [1.82, 2.24) is 4.98 Å². The number of hydrogen-bond donors (Lipinski definition) is 2. The van der Waals surface area contributed by atoms with E-state index in [1.165, 1.54) is 4.90 Å². The molecular formula is C10H11BrN4O2. The van der Waals surface area contributed by atoms with Crippen molar-refractivity contribution in [2.45, 2.75) is 6.42 Å². The van der Waals surface area contributed by atoms with Crippen LogP contribution in [0.4, 0.5) is 11.5 Å². The lowest BCUT2D eigenvalue weighted by molar-refractivity contribution is -0.123. The van der Waals surface area contributed by atoms with E-state index in [-0.39, 0.29) is 24.7 Å². The standard InChI is InChI=1S/C10H11BrN4O2/c11-7-2-1-6(9(12)14-7)15-4-5(10(13)17)3-8(15)16/h1-2,5H,3-4H2,(H2,12,14)(H2,13,17). The van der Waals surface area contributed by atoms with E-state index in [1.807, 2.05) is 0 Å². The maximum Gasteiger partial charge on any atom is 0.227 e. The largest absolute Gasteiger partial charge is 0.382 e. The van der Waals surface area contributed by atoms with E-state index in [0.29, 0.717) is 10.3 Å². The average Bonchev–Trinajstić information content (AvgIpc) is 2.61. The van der Waals surface area contributed by atoms with Gasteiger partial charge in [-0.25, -0.2) is 4.98 Å². The molecule has 0 aromatic carbocycles. The third-order valence-corrected chi connectivity index (χ3v) is 3.13. The van der Waals surface area contributed by atoms with Crippen LogP contribution < -0.4 is 16.4 Å². The van der Waals surface area contributed by atoms with E-state index in [9.17, 15) is 9.59 Å². The molecule has 2 heterocycles. The number of primary amides is 1. The van der Waals surface area contributed by atoms with E-state index in [0.717, 1.165) is 0 Å². The van der Waals surface area contributed by atoms with Gasteiger partial charge < -0.3 is 16.4 Å². The molecule has 1 aromatic rings. The second-order valence-corrected chi connectivity index (χ2v) is 4.66. The van der Waals surface area contributed by atoms with E-state index >= 15 is 0 Å². The number of nitrogens with zero attached hydrogens (tertiary/aromatic N) is 2. The molecule has 90 valence electrons. The molecule has 1 aliphatic heterocycles. The summed E-state index contributed by atoms with van der Waals surface area (Å²) in [7, 11) is 0. The van der Waals surface area contributed by atoms with Crippen LogP contribution in [-0.4, -0.2) is 23.3 Å². The van der Waals surface area contributed by atoms with Crippen molar-refractivity contribution in [2.24, 2.45) is 11.7 Å². The van der Waals surface area contributed by atoms with Crippen LogP contribution in [0, 0.1) is 5.92 Å². The van der Waals surface area contributed by atoms with Crippen LogP contribution in [-0.2, 0) is 9.59 Å². The quantitative estimate of drug-likeness (QED) is 0.765. The van der Waals surface area contributed by atoms with Crippen LogP contribution >= 0.6 is 15.9 Å². The molecule has 0 radical (unpaired) electrons. The molecule has 0 bridgehead atoms. The zero-order chi connectivity index (χ0) is 12.6. The highest BCUT2D eigenvalue weighted by Crippen LogP contribution is 2.29. The number of halogens is 1. The predicted molar refractivity (Wildman–Crippen MR) is 66.0 cm³/mol. The SMILES string of the molecule is NC(=O)C1CC(=O)N(c2ccc(Br)nc2N)C1. The molecule has 2 amide bonds. The van der Waals surface area contributed by atoms with Gasteiger partial charge in [-0.15, -0.1) is 0 Å². The van der Waals surface area contributed by atoms with Gasteiger partial charge in [-0.05, 0) is 28.1 Å².